The van der Waals surface area contributed by atoms with Gasteiger partial charge in [-0.2, -0.15) is 0 Å². The van der Waals surface area contributed by atoms with Crippen molar-refractivity contribution >= 4 is 35.1 Å². The van der Waals surface area contributed by atoms with Gasteiger partial charge in [0.1, 0.15) is 12.7 Å². The molecule has 0 bridgehead atoms. The zero-order valence-electron chi connectivity index (χ0n) is 18.0. The third kappa shape index (κ3) is 6.12. The number of halogens is 2. The third-order valence-corrected chi connectivity index (χ3v) is 5.52. The smallest absolute Gasteiger partial charge is 0.354 e. The normalized spacial score (nSPS) is 10.2. The molecule has 0 aliphatic rings. The number of benzene rings is 2. The number of carboxylic acid groups (broad SMARTS) is 2. The van der Waals surface area contributed by atoms with Crippen LogP contribution in [0.4, 0.5) is 0 Å². The number of aryl methyl sites for hydroxylation is 2. The Morgan fingerprint density at radius 1 is 0.647 bits per heavy atom. The summed E-state index contributed by atoms with van der Waals surface area (Å²) in [5, 5.41) is 18.9. The Morgan fingerprint density at radius 3 is 1.35 bits per heavy atom. The van der Waals surface area contributed by atoms with E-state index < -0.39 is 11.9 Å². The summed E-state index contributed by atoms with van der Waals surface area (Å²) in [5.41, 5.74) is 4.47. The lowest BCUT2D eigenvalue weighted by molar-refractivity contribution is 0.0679. The first-order valence-corrected chi connectivity index (χ1v) is 10.5. The van der Waals surface area contributed by atoms with Gasteiger partial charge in [-0.05, 0) is 49.2 Å². The van der Waals surface area contributed by atoms with Crippen LogP contribution in [-0.2, 0) is 0 Å². The molecule has 0 amide bonds. The van der Waals surface area contributed by atoms with Crippen molar-refractivity contribution in [2.45, 2.75) is 13.8 Å². The molecule has 2 N–H and O–H groups in total. The van der Waals surface area contributed by atoms with Crippen LogP contribution in [0.3, 0.4) is 0 Å². The summed E-state index contributed by atoms with van der Waals surface area (Å²) in [5.74, 6) is -2.15. The Balaban J connectivity index is 0.000000191. The Morgan fingerprint density at radius 2 is 1.03 bits per heavy atom. The largest absolute Gasteiger partial charge is 0.477 e. The summed E-state index contributed by atoms with van der Waals surface area (Å²) in [6.07, 6.45) is 2.46. The maximum absolute atomic E-state index is 10.8. The van der Waals surface area contributed by atoms with Crippen molar-refractivity contribution in [1.82, 2.24) is 19.9 Å². The highest BCUT2D eigenvalue weighted by Crippen LogP contribution is 2.25. The van der Waals surface area contributed by atoms with Gasteiger partial charge in [-0.3, -0.25) is 0 Å². The summed E-state index contributed by atoms with van der Waals surface area (Å²) < 4.78 is 0. The first-order valence-electron chi connectivity index (χ1n) is 9.79. The van der Waals surface area contributed by atoms with E-state index in [0.29, 0.717) is 21.4 Å². The Hall–Kier alpha value is -3.88. The minimum atomic E-state index is -1.08. The molecule has 0 aliphatic carbocycles. The lowest BCUT2D eigenvalue weighted by Crippen LogP contribution is -2.01. The lowest BCUT2D eigenvalue weighted by Gasteiger charge is -2.03. The predicted octanol–water partition coefficient (Wildman–Crippen LogP) is 5.61. The predicted molar refractivity (Wildman–Crippen MR) is 128 cm³/mol. The molecule has 2 aromatic carbocycles. The van der Waals surface area contributed by atoms with Gasteiger partial charge in [0.2, 0.25) is 0 Å². The van der Waals surface area contributed by atoms with Crippen molar-refractivity contribution in [3.63, 3.8) is 0 Å². The molecule has 0 spiro atoms. The first kappa shape index (κ1) is 24.8. The number of nitrogens with zero attached hydrogens (tertiary/aromatic N) is 4. The molecule has 2 aromatic heterocycles. The second-order valence-corrected chi connectivity index (χ2v) is 7.93. The van der Waals surface area contributed by atoms with Crippen molar-refractivity contribution in [1.29, 1.82) is 0 Å². The average Bonchev–Trinajstić information content (AvgIpc) is 2.83. The highest BCUT2D eigenvalue weighted by Gasteiger charge is 2.09. The fourth-order valence-electron chi connectivity index (χ4n) is 2.77. The van der Waals surface area contributed by atoms with Crippen molar-refractivity contribution in [2.24, 2.45) is 0 Å². The highest BCUT2D eigenvalue weighted by atomic mass is 35.5. The molecule has 34 heavy (non-hydrogen) atoms. The van der Waals surface area contributed by atoms with E-state index in [4.69, 9.17) is 33.4 Å². The fourth-order valence-corrected chi connectivity index (χ4v) is 3.13. The van der Waals surface area contributed by atoms with E-state index in [2.05, 4.69) is 19.9 Å². The maximum Gasteiger partial charge on any atom is 0.354 e. The van der Waals surface area contributed by atoms with Gasteiger partial charge in [0, 0.05) is 21.2 Å². The van der Waals surface area contributed by atoms with E-state index >= 15 is 0 Å². The van der Waals surface area contributed by atoms with Crippen LogP contribution in [0.15, 0.2) is 61.2 Å². The van der Waals surface area contributed by atoms with Gasteiger partial charge in [0.05, 0.1) is 11.4 Å². The van der Waals surface area contributed by atoms with Crippen molar-refractivity contribution in [3.8, 4) is 22.5 Å². The average molecular weight is 497 g/mol. The minimum absolute atomic E-state index is 0.0355. The molecule has 0 saturated carbocycles. The summed E-state index contributed by atoms with van der Waals surface area (Å²) in [6.45, 7) is 3.80. The van der Waals surface area contributed by atoms with Gasteiger partial charge in [-0.15, -0.1) is 0 Å². The topological polar surface area (TPSA) is 126 Å². The Bertz CT molecular complexity index is 1270. The molecule has 0 aliphatic heterocycles. The molecule has 2 heterocycles. The number of carbonyl (C=O) groups is 2. The number of hydrogen-bond donors (Lipinski definition) is 2. The van der Waals surface area contributed by atoms with Crippen LogP contribution < -0.4 is 0 Å². The zero-order valence-corrected chi connectivity index (χ0v) is 19.5. The summed E-state index contributed by atoms with van der Waals surface area (Å²) >= 11 is 12.0. The molecule has 0 unspecified atom stereocenters. The summed E-state index contributed by atoms with van der Waals surface area (Å²) in [6, 6.07) is 13.8. The fraction of sp³-hybridized carbons (Fsp3) is 0.0833. The molecule has 0 fully saturated rings. The summed E-state index contributed by atoms with van der Waals surface area (Å²) in [4.78, 5) is 37.0. The molecular weight excluding hydrogens is 479 g/mol. The summed E-state index contributed by atoms with van der Waals surface area (Å²) in [7, 11) is 0. The molecule has 0 radical (unpaired) electrons. The maximum atomic E-state index is 10.8. The highest BCUT2D eigenvalue weighted by molar-refractivity contribution is 6.32. The van der Waals surface area contributed by atoms with E-state index in [9.17, 15) is 9.59 Å². The quantitative estimate of drug-likeness (QED) is 0.373. The van der Waals surface area contributed by atoms with Crippen molar-refractivity contribution < 1.29 is 19.8 Å². The molecule has 10 heteroatoms. The molecule has 172 valence electrons. The second kappa shape index (κ2) is 10.8. The van der Waals surface area contributed by atoms with E-state index in [1.165, 1.54) is 24.8 Å². The molecule has 0 saturated heterocycles. The number of aromatic carboxylic acids is 2. The van der Waals surface area contributed by atoms with Crippen LogP contribution in [0.2, 0.25) is 10.0 Å². The molecule has 4 rings (SSSR count). The van der Waals surface area contributed by atoms with Crippen molar-refractivity contribution in [3.05, 3.63) is 93.7 Å². The Kier molecular flexibility index (Phi) is 7.88. The van der Waals surface area contributed by atoms with Crippen LogP contribution in [0.25, 0.3) is 22.5 Å². The molecular formula is C24H18Cl2N4O4. The van der Waals surface area contributed by atoms with Crippen LogP contribution in [-0.4, -0.2) is 42.1 Å². The van der Waals surface area contributed by atoms with Crippen LogP contribution in [0.5, 0.6) is 0 Å². The number of aromatic nitrogens is 4. The van der Waals surface area contributed by atoms with Gasteiger partial charge in [0.15, 0.2) is 11.4 Å². The van der Waals surface area contributed by atoms with Gasteiger partial charge in [-0.1, -0.05) is 47.5 Å². The number of hydrogen-bond acceptors (Lipinski definition) is 6. The zero-order chi connectivity index (χ0) is 24.8. The first-order chi connectivity index (χ1) is 16.2. The lowest BCUT2D eigenvalue weighted by atomic mass is 10.1. The standard InChI is InChI=1S/2C12H9ClN2O2/c2*1-7-2-3-8(4-9(7)13)10-5-11(12(16)17)15-6-14-10/h2*2-6H,1H3,(H,16,17). The van der Waals surface area contributed by atoms with E-state index in [1.54, 1.807) is 12.1 Å². The minimum Gasteiger partial charge on any atom is -0.477 e. The third-order valence-electron chi connectivity index (χ3n) is 4.71. The number of carboxylic acids is 2. The molecule has 0 atom stereocenters. The monoisotopic (exact) mass is 496 g/mol. The van der Waals surface area contributed by atoms with Crippen LogP contribution in [0.1, 0.15) is 32.1 Å². The van der Waals surface area contributed by atoms with Crippen LogP contribution >= 0.6 is 23.2 Å². The van der Waals surface area contributed by atoms with Gasteiger partial charge in [0.25, 0.3) is 0 Å². The molecule has 8 nitrogen and oxygen atoms in total. The van der Waals surface area contributed by atoms with E-state index in [-0.39, 0.29) is 11.4 Å². The molecule has 4 aromatic rings. The van der Waals surface area contributed by atoms with E-state index in [0.717, 1.165) is 22.3 Å². The van der Waals surface area contributed by atoms with Gasteiger partial charge >= 0.3 is 11.9 Å². The SMILES string of the molecule is Cc1ccc(-c2cc(C(=O)O)ncn2)cc1Cl.Cc1ccc(-c2cc(C(=O)O)ncn2)cc1Cl. The van der Waals surface area contributed by atoms with Gasteiger partial charge in [-0.25, -0.2) is 29.5 Å². The van der Waals surface area contributed by atoms with E-state index in [1.807, 2.05) is 38.1 Å². The van der Waals surface area contributed by atoms with Gasteiger partial charge < -0.3 is 10.2 Å². The van der Waals surface area contributed by atoms with Crippen LogP contribution in [0, 0.1) is 13.8 Å². The second-order valence-electron chi connectivity index (χ2n) is 7.12. The Labute approximate surface area is 204 Å². The number of rotatable bonds is 4. The van der Waals surface area contributed by atoms with Crippen molar-refractivity contribution in [2.75, 3.05) is 0 Å².